The maximum atomic E-state index is 12.0. The van der Waals surface area contributed by atoms with Crippen LogP contribution in [0, 0.1) is 5.92 Å². The van der Waals surface area contributed by atoms with Crippen molar-refractivity contribution in [1.29, 1.82) is 0 Å². The molecule has 3 nitrogen and oxygen atoms in total. The van der Waals surface area contributed by atoms with Crippen molar-refractivity contribution in [2.45, 2.75) is 39.5 Å². The average molecular weight is 271 g/mol. The fourth-order valence-electron chi connectivity index (χ4n) is 1.82. The van der Waals surface area contributed by atoms with Gasteiger partial charge in [0.25, 0.3) is 0 Å². The lowest BCUT2D eigenvalue weighted by Gasteiger charge is -2.15. The third-order valence-corrected chi connectivity index (χ3v) is 2.99. The van der Waals surface area contributed by atoms with Gasteiger partial charge in [0.05, 0.1) is 11.4 Å². The molecule has 0 radical (unpaired) electrons. The molecule has 3 N–H and O–H groups in total. The minimum absolute atomic E-state index is 0. The molecular formula is C14H23ClN2O. The molecule has 0 saturated carbocycles. The van der Waals surface area contributed by atoms with Gasteiger partial charge in [-0.05, 0) is 25.0 Å². The number of rotatable bonds is 6. The molecule has 0 spiro atoms. The van der Waals surface area contributed by atoms with Crippen molar-refractivity contribution in [3.8, 4) is 0 Å². The maximum absolute atomic E-state index is 12.0. The van der Waals surface area contributed by atoms with E-state index in [0.717, 1.165) is 25.7 Å². The monoisotopic (exact) mass is 270 g/mol. The van der Waals surface area contributed by atoms with Crippen molar-refractivity contribution in [2.24, 2.45) is 5.92 Å². The van der Waals surface area contributed by atoms with E-state index in [9.17, 15) is 4.79 Å². The minimum atomic E-state index is 0. The highest BCUT2D eigenvalue weighted by Gasteiger charge is 2.16. The van der Waals surface area contributed by atoms with Crippen LogP contribution in [0.1, 0.15) is 39.5 Å². The van der Waals surface area contributed by atoms with Crippen molar-refractivity contribution < 1.29 is 4.79 Å². The summed E-state index contributed by atoms with van der Waals surface area (Å²) in [5, 5.41) is 2.91. The Morgan fingerprint density at radius 1 is 1.33 bits per heavy atom. The van der Waals surface area contributed by atoms with Crippen molar-refractivity contribution in [1.82, 2.24) is 0 Å². The van der Waals surface area contributed by atoms with Gasteiger partial charge in [0.2, 0.25) is 5.91 Å². The lowest BCUT2D eigenvalue weighted by Crippen LogP contribution is -2.22. The molecule has 0 heterocycles. The van der Waals surface area contributed by atoms with Gasteiger partial charge in [-0.1, -0.05) is 38.8 Å². The lowest BCUT2D eigenvalue weighted by molar-refractivity contribution is -0.120. The molecule has 1 atom stereocenters. The van der Waals surface area contributed by atoms with Crippen LogP contribution >= 0.6 is 12.4 Å². The van der Waals surface area contributed by atoms with Crippen molar-refractivity contribution in [3.63, 3.8) is 0 Å². The van der Waals surface area contributed by atoms with Gasteiger partial charge in [-0.2, -0.15) is 0 Å². The number of carbonyl (C=O) groups excluding carboxylic acids is 1. The second kappa shape index (κ2) is 8.81. The van der Waals surface area contributed by atoms with E-state index in [1.54, 1.807) is 6.07 Å². The number of nitrogens with two attached hydrogens (primary N) is 1. The topological polar surface area (TPSA) is 55.1 Å². The van der Waals surface area contributed by atoms with Crippen LogP contribution in [-0.2, 0) is 4.79 Å². The van der Waals surface area contributed by atoms with Gasteiger partial charge in [-0.3, -0.25) is 4.79 Å². The van der Waals surface area contributed by atoms with Crippen molar-refractivity contribution in [2.75, 3.05) is 11.1 Å². The second-order valence-electron chi connectivity index (χ2n) is 4.32. The SMILES string of the molecule is CCCCC(CC)C(=O)Nc1ccccc1N.Cl. The standard InChI is InChI=1S/C14H22N2O.ClH/c1-3-5-8-11(4-2)14(17)16-13-10-7-6-9-12(13)15;/h6-7,9-11H,3-5,8,15H2,1-2H3,(H,16,17);1H. The molecule has 4 heteroatoms. The number of nitrogens with one attached hydrogen (secondary N) is 1. The molecule has 0 bridgehead atoms. The van der Waals surface area contributed by atoms with Crippen LogP contribution in [0.5, 0.6) is 0 Å². The summed E-state index contributed by atoms with van der Waals surface area (Å²) in [7, 11) is 0. The van der Waals surface area contributed by atoms with E-state index in [1.165, 1.54) is 0 Å². The summed E-state index contributed by atoms with van der Waals surface area (Å²) in [5.41, 5.74) is 7.13. The second-order valence-corrected chi connectivity index (χ2v) is 4.32. The number of para-hydroxylation sites is 2. The van der Waals surface area contributed by atoms with Crippen molar-refractivity contribution >= 4 is 29.7 Å². The molecular weight excluding hydrogens is 248 g/mol. The highest BCUT2D eigenvalue weighted by molar-refractivity contribution is 5.95. The third-order valence-electron chi connectivity index (χ3n) is 2.99. The lowest BCUT2D eigenvalue weighted by atomic mass is 9.98. The van der Waals surface area contributed by atoms with E-state index in [-0.39, 0.29) is 24.2 Å². The third kappa shape index (κ3) is 4.96. The molecule has 102 valence electrons. The Labute approximate surface area is 116 Å². The van der Waals surface area contributed by atoms with Gasteiger partial charge in [-0.25, -0.2) is 0 Å². The Morgan fingerprint density at radius 2 is 2.00 bits per heavy atom. The van der Waals surface area contributed by atoms with Crippen LogP contribution in [0.3, 0.4) is 0 Å². The van der Waals surface area contributed by atoms with E-state index in [1.807, 2.05) is 25.1 Å². The molecule has 0 aliphatic heterocycles. The number of nitrogen functional groups attached to an aromatic ring is 1. The highest BCUT2D eigenvalue weighted by atomic mass is 35.5. The smallest absolute Gasteiger partial charge is 0.227 e. The summed E-state index contributed by atoms with van der Waals surface area (Å²) >= 11 is 0. The Hall–Kier alpha value is -1.22. The van der Waals surface area contributed by atoms with Gasteiger partial charge in [-0.15, -0.1) is 12.4 Å². The molecule has 0 saturated heterocycles. The number of hydrogen-bond donors (Lipinski definition) is 2. The summed E-state index contributed by atoms with van der Waals surface area (Å²) in [6, 6.07) is 7.36. The van der Waals surface area contributed by atoms with E-state index < -0.39 is 0 Å². The Kier molecular flexibility index (Phi) is 8.21. The van der Waals surface area contributed by atoms with Crippen LogP contribution in [0.25, 0.3) is 0 Å². The zero-order valence-electron chi connectivity index (χ0n) is 11.1. The molecule has 1 aromatic rings. The number of benzene rings is 1. The number of unbranched alkanes of at least 4 members (excludes halogenated alkanes) is 1. The quantitative estimate of drug-likeness (QED) is 0.772. The number of hydrogen-bond acceptors (Lipinski definition) is 2. The number of halogens is 1. The van der Waals surface area contributed by atoms with Crippen LogP contribution in [0.15, 0.2) is 24.3 Å². The van der Waals surface area contributed by atoms with E-state index in [4.69, 9.17) is 5.73 Å². The van der Waals surface area contributed by atoms with Gasteiger partial charge >= 0.3 is 0 Å². The first-order valence-electron chi connectivity index (χ1n) is 6.34. The van der Waals surface area contributed by atoms with Crippen LogP contribution < -0.4 is 11.1 Å². The van der Waals surface area contributed by atoms with E-state index in [0.29, 0.717) is 11.4 Å². The molecule has 0 fully saturated rings. The van der Waals surface area contributed by atoms with Crippen LogP contribution in [0.4, 0.5) is 11.4 Å². The molecule has 0 aliphatic rings. The fraction of sp³-hybridized carbons (Fsp3) is 0.500. The van der Waals surface area contributed by atoms with Gasteiger partial charge in [0, 0.05) is 5.92 Å². The maximum Gasteiger partial charge on any atom is 0.227 e. The summed E-state index contributed by atoms with van der Waals surface area (Å²) < 4.78 is 0. The Bertz CT molecular complexity index is 369. The summed E-state index contributed by atoms with van der Waals surface area (Å²) in [4.78, 5) is 12.0. The normalized spacial score (nSPS) is 11.4. The zero-order valence-corrected chi connectivity index (χ0v) is 11.9. The minimum Gasteiger partial charge on any atom is -0.397 e. The predicted molar refractivity (Wildman–Crippen MR) is 80.0 cm³/mol. The summed E-state index contributed by atoms with van der Waals surface area (Å²) in [5.74, 6) is 0.174. The molecule has 18 heavy (non-hydrogen) atoms. The van der Waals surface area contributed by atoms with Crippen molar-refractivity contribution in [3.05, 3.63) is 24.3 Å². The molecule has 0 aromatic heterocycles. The number of carbonyl (C=O) groups is 1. The van der Waals surface area contributed by atoms with Gasteiger partial charge in [0.15, 0.2) is 0 Å². The Balaban J connectivity index is 0.00000289. The molecule has 1 aromatic carbocycles. The number of anilines is 2. The molecule has 1 rings (SSSR count). The fourth-order valence-corrected chi connectivity index (χ4v) is 1.82. The molecule has 1 unspecified atom stereocenters. The predicted octanol–water partition coefficient (Wildman–Crippen LogP) is 3.85. The largest absolute Gasteiger partial charge is 0.397 e. The van der Waals surface area contributed by atoms with Crippen LogP contribution in [-0.4, -0.2) is 5.91 Å². The van der Waals surface area contributed by atoms with E-state index >= 15 is 0 Å². The van der Waals surface area contributed by atoms with E-state index in [2.05, 4.69) is 12.2 Å². The zero-order chi connectivity index (χ0) is 12.7. The van der Waals surface area contributed by atoms with Crippen LogP contribution in [0.2, 0.25) is 0 Å². The average Bonchev–Trinajstić information content (AvgIpc) is 2.33. The summed E-state index contributed by atoms with van der Waals surface area (Å²) in [6.45, 7) is 4.19. The number of amides is 1. The highest BCUT2D eigenvalue weighted by Crippen LogP contribution is 2.20. The van der Waals surface area contributed by atoms with Gasteiger partial charge < -0.3 is 11.1 Å². The molecule has 0 aliphatic carbocycles. The Morgan fingerprint density at radius 3 is 2.56 bits per heavy atom. The first-order valence-corrected chi connectivity index (χ1v) is 6.34. The van der Waals surface area contributed by atoms with Gasteiger partial charge in [0.1, 0.15) is 0 Å². The first kappa shape index (κ1) is 16.8. The first-order chi connectivity index (χ1) is 8.19. The summed E-state index contributed by atoms with van der Waals surface area (Å²) in [6.07, 6.45) is 4.04. The molecule has 1 amide bonds.